The third-order valence-electron chi connectivity index (χ3n) is 4.34. The molecule has 1 fully saturated rings. The highest BCUT2D eigenvalue weighted by Gasteiger charge is 2.52. The first-order valence-electron chi connectivity index (χ1n) is 6.40. The minimum absolute atomic E-state index is 0.323. The normalized spacial score (nSPS) is 33.9. The van der Waals surface area contributed by atoms with Crippen LogP contribution in [0.5, 0.6) is 0 Å². The van der Waals surface area contributed by atoms with Crippen molar-refractivity contribution >= 4 is 17.3 Å². The number of aliphatic hydroxyl groups excluding tert-OH is 1. The van der Waals surface area contributed by atoms with E-state index in [1.807, 2.05) is 12.1 Å². The Morgan fingerprint density at radius 2 is 1.74 bits per heavy atom. The summed E-state index contributed by atoms with van der Waals surface area (Å²) in [6, 6.07) is 7.08. The van der Waals surface area contributed by atoms with Crippen LogP contribution in [0.3, 0.4) is 0 Å². The standard InChI is InChI=1S/C15H14O4/c1-7-12(16)10-6-8-4-2-3-5-9(8)14(18)11(10)15(19)13(7)17/h2-5,7,10-12,16H,6H2,1H3. The van der Waals surface area contributed by atoms with Crippen molar-refractivity contribution in [3.05, 3.63) is 35.4 Å². The maximum absolute atomic E-state index is 12.4. The summed E-state index contributed by atoms with van der Waals surface area (Å²) in [7, 11) is 0. The average Bonchev–Trinajstić information content (AvgIpc) is 2.43. The highest BCUT2D eigenvalue weighted by atomic mass is 16.3. The molecule has 1 saturated carbocycles. The van der Waals surface area contributed by atoms with Gasteiger partial charge in [-0.3, -0.25) is 14.4 Å². The first kappa shape index (κ1) is 12.2. The van der Waals surface area contributed by atoms with E-state index >= 15 is 0 Å². The molecule has 4 nitrogen and oxygen atoms in total. The lowest BCUT2D eigenvalue weighted by molar-refractivity contribution is -0.150. The zero-order chi connectivity index (χ0) is 13.7. The lowest BCUT2D eigenvalue weighted by Gasteiger charge is -2.39. The van der Waals surface area contributed by atoms with E-state index in [1.54, 1.807) is 19.1 Å². The molecular weight excluding hydrogens is 244 g/mol. The topological polar surface area (TPSA) is 71.4 Å². The summed E-state index contributed by atoms with van der Waals surface area (Å²) >= 11 is 0. The van der Waals surface area contributed by atoms with Crippen LogP contribution in [0, 0.1) is 17.8 Å². The van der Waals surface area contributed by atoms with Crippen LogP contribution in [0.15, 0.2) is 24.3 Å². The first-order valence-corrected chi connectivity index (χ1v) is 6.40. The van der Waals surface area contributed by atoms with Crippen LogP contribution in [0.2, 0.25) is 0 Å². The molecule has 3 rings (SSSR count). The summed E-state index contributed by atoms with van der Waals surface area (Å²) in [5.41, 5.74) is 1.36. The van der Waals surface area contributed by atoms with E-state index in [0.29, 0.717) is 12.0 Å². The lowest BCUT2D eigenvalue weighted by atomic mass is 9.63. The van der Waals surface area contributed by atoms with Gasteiger partial charge in [-0.2, -0.15) is 0 Å². The predicted molar refractivity (Wildman–Crippen MR) is 66.6 cm³/mol. The Hall–Kier alpha value is -1.81. The highest BCUT2D eigenvalue weighted by molar-refractivity contribution is 6.44. The SMILES string of the molecule is CC1C(=O)C(=O)C2C(=O)c3ccccc3CC2C1O. The summed E-state index contributed by atoms with van der Waals surface area (Å²) in [5, 5.41) is 10.2. The molecule has 2 aliphatic carbocycles. The van der Waals surface area contributed by atoms with E-state index in [4.69, 9.17) is 0 Å². The minimum Gasteiger partial charge on any atom is -0.392 e. The summed E-state index contributed by atoms with van der Waals surface area (Å²) in [4.78, 5) is 36.2. The fourth-order valence-corrected chi connectivity index (χ4v) is 3.21. The van der Waals surface area contributed by atoms with E-state index < -0.39 is 35.4 Å². The van der Waals surface area contributed by atoms with Crippen molar-refractivity contribution in [3.8, 4) is 0 Å². The molecule has 0 spiro atoms. The molecule has 2 aliphatic rings. The molecule has 1 aromatic carbocycles. The number of hydrogen-bond donors (Lipinski definition) is 1. The van der Waals surface area contributed by atoms with Gasteiger partial charge in [0.1, 0.15) is 0 Å². The van der Waals surface area contributed by atoms with Crippen LogP contribution in [0.25, 0.3) is 0 Å². The second-order valence-corrected chi connectivity index (χ2v) is 5.37. The molecule has 98 valence electrons. The van der Waals surface area contributed by atoms with Crippen LogP contribution >= 0.6 is 0 Å². The van der Waals surface area contributed by atoms with E-state index in [0.717, 1.165) is 5.56 Å². The Kier molecular flexibility index (Phi) is 2.64. The Labute approximate surface area is 110 Å². The number of fused-ring (bicyclic) bond motifs is 2. The van der Waals surface area contributed by atoms with Gasteiger partial charge in [0.05, 0.1) is 12.0 Å². The molecular formula is C15H14O4. The van der Waals surface area contributed by atoms with Gasteiger partial charge in [-0.1, -0.05) is 31.2 Å². The quantitative estimate of drug-likeness (QED) is 0.552. The second-order valence-electron chi connectivity index (χ2n) is 5.37. The second kappa shape index (κ2) is 4.10. The Balaban J connectivity index is 2.11. The molecule has 0 aliphatic heterocycles. The van der Waals surface area contributed by atoms with Crippen LogP contribution in [-0.2, 0) is 16.0 Å². The number of ketones is 3. The van der Waals surface area contributed by atoms with Crippen molar-refractivity contribution in [2.24, 2.45) is 17.8 Å². The van der Waals surface area contributed by atoms with Gasteiger partial charge >= 0.3 is 0 Å². The van der Waals surface area contributed by atoms with Crippen molar-refractivity contribution < 1.29 is 19.5 Å². The molecule has 0 amide bonds. The van der Waals surface area contributed by atoms with E-state index in [1.165, 1.54) is 0 Å². The van der Waals surface area contributed by atoms with E-state index in [-0.39, 0.29) is 5.78 Å². The molecule has 4 atom stereocenters. The van der Waals surface area contributed by atoms with Gasteiger partial charge in [0, 0.05) is 17.4 Å². The number of hydrogen-bond acceptors (Lipinski definition) is 4. The molecule has 0 bridgehead atoms. The fourth-order valence-electron chi connectivity index (χ4n) is 3.21. The summed E-state index contributed by atoms with van der Waals surface area (Å²) in [6.45, 7) is 1.55. The zero-order valence-corrected chi connectivity index (χ0v) is 10.5. The Morgan fingerprint density at radius 1 is 1.05 bits per heavy atom. The lowest BCUT2D eigenvalue weighted by Crippen LogP contribution is -2.54. The van der Waals surface area contributed by atoms with Gasteiger partial charge in [0.2, 0.25) is 11.6 Å². The molecule has 19 heavy (non-hydrogen) atoms. The Bertz CT molecular complexity index is 590. The van der Waals surface area contributed by atoms with Crippen molar-refractivity contribution in [2.75, 3.05) is 0 Å². The van der Waals surface area contributed by atoms with Crippen LogP contribution in [-0.4, -0.2) is 28.6 Å². The molecule has 0 radical (unpaired) electrons. The third-order valence-corrected chi connectivity index (χ3v) is 4.34. The van der Waals surface area contributed by atoms with Crippen molar-refractivity contribution in [2.45, 2.75) is 19.4 Å². The summed E-state index contributed by atoms with van der Waals surface area (Å²) < 4.78 is 0. The molecule has 1 N–H and O–H groups in total. The number of benzene rings is 1. The number of aliphatic hydroxyl groups is 1. The van der Waals surface area contributed by atoms with E-state index in [2.05, 4.69) is 0 Å². The summed E-state index contributed by atoms with van der Waals surface area (Å²) in [5.74, 6) is -3.76. The molecule has 0 heterocycles. The monoisotopic (exact) mass is 258 g/mol. The first-order chi connectivity index (χ1) is 9.02. The van der Waals surface area contributed by atoms with Crippen LogP contribution in [0.4, 0.5) is 0 Å². The molecule has 0 saturated heterocycles. The smallest absolute Gasteiger partial charge is 0.209 e. The molecule has 1 aromatic rings. The maximum Gasteiger partial charge on any atom is 0.209 e. The molecule has 0 aromatic heterocycles. The largest absolute Gasteiger partial charge is 0.392 e. The van der Waals surface area contributed by atoms with Gasteiger partial charge in [-0.05, 0) is 12.0 Å². The number of carbonyl (C=O) groups excluding carboxylic acids is 3. The molecule has 4 unspecified atom stereocenters. The van der Waals surface area contributed by atoms with Gasteiger partial charge in [0.25, 0.3) is 0 Å². The van der Waals surface area contributed by atoms with Gasteiger partial charge in [0.15, 0.2) is 5.78 Å². The van der Waals surface area contributed by atoms with Gasteiger partial charge < -0.3 is 5.11 Å². The minimum atomic E-state index is -0.992. The van der Waals surface area contributed by atoms with Gasteiger partial charge in [-0.15, -0.1) is 0 Å². The highest BCUT2D eigenvalue weighted by Crippen LogP contribution is 2.38. The fraction of sp³-hybridized carbons (Fsp3) is 0.400. The van der Waals surface area contributed by atoms with Gasteiger partial charge in [-0.25, -0.2) is 0 Å². The predicted octanol–water partition coefficient (Wildman–Crippen LogP) is 0.807. The average molecular weight is 258 g/mol. The number of rotatable bonds is 0. The van der Waals surface area contributed by atoms with Crippen molar-refractivity contribution in [1.82, 2.24) is 0 Å². The maximum atomic E-state index is 12.4. The number of Topliss-reactive ketones (excluding diaryl/α,β-unsaturated/α-hetero) is 3. The van der Waals surface area contributed by atoms with Crippen molar-refractivity contribution in [1.29, 1.82) is 0 Å². The summed E-state index contributed by atoms with van der Waals surface area (Å²) in [6.07, 6.45) is -0.454. The van der Waals surface area contributed by atoms with Crippen molar-refractivity contribution in [3.63, 3.8) is 0 Å². The Morgan fingerprint density at radius 3 is 2.47 bits per heavy atom. The van der Waals surface area contributed by atoms with Crippen LogP contribution in [0.1, 0.15) is 22.8 Å². The van der Waals surface area contributed by atoms with Crippen LogP contribution < -0.4 is 0 Å². The van der Waals surface area contributed by atoms with E-state index in [9.17, 15) is 19.5 Å². The molecule has 4 heteroatoms. The third kappa shape index (κ3) is 1.60. The number of carbonyl (C=O) groups is 3. The zero-order valence-electron chi connectivity index (χ0n) is 10.5.